The summed E-state index contributed by atoms with van der Waals surface area (Å²) in [6, 6.07) is 7.10. The van der Waals surface area contributed by atoms with Gasteiger partial charge in [-0.2, -0.15) is 0 Å². The summed E-state index contributed by atoms with van der Waals surface area (Å²) in [5.41, 5.74) is 8.41. The molecule has 1 aromatic carbocycles. The highest BCUT2D eigenvalue weighted by Gasteiger charge is 2.15. The Labute approximate surface area is 110 Å². The first kappa shape index (κ1) is 11.5. The summed E-state index contributed by atoms with van der Waals surface area (Å²) in [5, 5.41) is 2.77. The molecule has 0 radical (unpaired) electrons. The van der Waals surface area contributed by atoms with Gasteiger partial charge in [0.2, 0.25) is 0 Å². The van der Waals surface area contributed by atoms with Crippen LogP contribution < -0.4 is 15.8 Å². The van der Waals surface area contributed by atoms with Crippen molar-refractivity contribution in [3.8, 4) is 5.75 Å². The fraction of sp³-hybridized carbons (Fsp3) is 0.143. The number of ether oxygens (including phenoxy) is 1. The number of rotatable bonds is 2. The molecule has 3 rings (SSSR count). The molecular weight excluding hydrogens is 242 g/mol. The van der Waals surface area contributed by atoms with Gasteiger partial charge in [0.05, 0.1) is 24.2 Å². The van der Waals surface area contributed by atoms with Gasteiger partial charge in [-0.15, -0.1) is 0 Å². The van der Waals surface area contributed by atoms with Crippen molar-refractivity contribution >= 4 is 17.3 Å². The summed E-state index contributed by atoms with van der Waals surface area (Å²) in [6.45, 7) is 0.678. The molecule has 2 heterocycles. The lowest BCUT2D eigenvalue weighted by Crippen LogP contribution is -2.13. The van der Waals surface area contributed by atoms with Gasteiger partial charge in [0.1, 0.15) is 5.75 Å². The Hall–Kier alpha value is -2.56. The Kier molecular flexibility index (Phi) is 2.79. The lowest BCUT2D eigenvalue weighted by molar-refractivity contribution is 0.102. The van der Waals surface area contributed by atoms with Crippen molar-refractivity contribution in [3.05, 3.63) is 47.8 Å². The van der Waals surface area contributed by atoms with Gasteiger partial charge >= 0.3 is 0 Å². The first-order valence-electron chi connectivity index (χ1n) is 6.00. The number of nitrogen functional groups attached to an aromatic ring is 1. The third-order valence-corrected chi connectivity index (χ3v) is 3.05. The summed E-state index contributed by atoms with van der Waals surface area (Å²) >= 11 is 0. The smallest absolute Gasteiger partial charge is 0.255 e. The molecule has 1 aliphatic heterocycles. The van der Waals surface area contributed by atoms with Crippen LogP contribution in [0.3, 0.4) is 0 Å². The predicted octanol–water partition coefficient (Wildman–Crippen LogP) is 1.85. The van der Waals surface area contributed by atoms with E-state index in [1.165, 1.54) is 6.20 Å². The van der Waals surface area contributed by atoms with Crippen LogP contribution >= 0.6 is 0 Å². The van der Waals surface area contributed by atoms with Crippen LogP contribution in [0.25, 0.3) is 0 Å². The van der Waals surface area contributed by atoms with E-state index in [-0.39, 0.29) is 5.91 Å². The van der Waals surface area contributed by atoms with E-state index in [4.69, 9.17) is 10.5 Å². The predicted molar refractivity (Wildman–Crippen MR) is 72.2 cm³/mol. The number of benzene rings is 1. The van der Waals surface area contributed by atoms with Crippen molar-refractivity contribution in [1.82, 2.24) is 4.98 Å². The number of amides is 1. The van der Waals surface area contributed by atoms with Crippen molar-refractivity contribution in [2.75, 3.05) is 17.7 Å². The van der Waals surface area contributed by atoms with Crippen molar-refractivity contribution < 1.29 is 9.53 Å². The summed E-state index contributed by atoms with van der Waals surface area (Å²) in [5.74, 6) is 0.674. The van der Waals surface area contributed by atoms with Crippen molar-refractivity contribution in [2.45, 2.75) is 6.42 Å². The molecule has 0 saturated carbocycles. The highest BCUT2D eigenvalue weighted by molar-refractivity contribution is 6.05. The highest BCUT2D eigenvalue weighted by atomic mass is 16.5. The zero-order valence-electron chi connectivity index (χ0n) is 10.2. The van der Waals surface area contributed by atoms with Crippen LogP contribution in [-0.4, -0.2) is 17.5 Å². The topological polar surface area (TPSA) is 77.2 Å². The molecule has 0 bridgehead atoms. The normalized spacial score (nSPS) is 12.6. The first-order chi connectivity index (χ1) is 9.24. The van der Waals surface area contributed by atoms with Gasteiger partial charge in [-0.1, -0.05) is 0 Å². The second-order valence-corrected chi connectivity index (χ2v) is 4.34. The van der Waals surface area contributed by atoms with E-state index in [0.29, 0.717) is 23.5 Å². The van der Waals surface area contributed by atoms with Crippen molar-refractivity contribution in [2.24, 2.45) is 0 Å². The van der Waals surface area contributed by atoms with E-state index in [9.17, 15) is 4.79 Å². The van der Waals surface area contributed by atoms with Gasteiger partial charge in [-0.25, -0.2) is 0 Å². The number of nitrogens with zero attached hydrogens (tertiary/aromatic N) is 1. The number of carbonyl (C=O) groups is 1. The Morgan fingerprint density at radius 3 is 3.11 bits per heavy atom. The van der Waals surface area contributed by atoms with Gasteiger partial charge in [-0.3, -0.25) is 9.78 Å². The van der Waals surface area contributed by atoms with Crippen LogP contribution in [0.1, 0.15) is 15.9 Å². The molecule has 3 N–H and O–H groups in total. The van der Waals surface area contributed by atoms with Crippen LogP contribution in [0.4, 0.5) is 11.4 Å². The molecule has 1 amide bonds. The third-order valence-electron chi connectivity index (χ3n) is 3.05. The largest absolute Gasteiger partial charge is 0.493 e. The minimum Gasteiger partial charge on any atom is -0.493 e. The van der Waals surface area contributed by atoms with Crippen molar-refractivity contribution in [3.63, 3.8) is 0 Å². The van der Waals surface area contributed by atoms with Gasteiger partial charge in [0.25, 0.3) is 5.91 Å². The van der Waals surface area contributed by atoms with E-state index in [2.05, 4.69) is 10.3 Å². The molecule has 96 valence electrons. The average molecular weight is 255 g/mol. The number of nitrogens with one attached hydrogen (secondary N) is 1. The van der Waals surface area contributed by atoms with Gasteiger partial charge in [0.15, 0.2) is 0 Å². The second-order valence-electron chi connectivity index (χ2n) is 4.34. The minimum atomic E-state index is -0.187. The summed E-state index contributed by atoms with van der Waals surface area (Å²) < 4.78 is 5.41. The highest BCUT2D eigenvalue weighted by Crippen LogP contribution is 2.26. The molecule has 1 aliphatic rings. The number of pyridine rings is 1. The van der Waals surface area contributed by atoms with Gasteiger partial charge < -0.3 is 15.8 Å². The minimum absolute atomic E-state index is 0.187. The summed E-state index contributed by atoms with van der Waals surface area (Å²) in [6.07, 6.45) is 3.93. The summed E-state index contributed by atoms with van der Waals surface area (Å²) in [4.78, 5) is 16.0. The first-order valence-corrected chi connectivity index (χ1v) is 6.00. The number of aromatic nitrogens is 1. The Morgan fingerprint density at radius 1 is 1.37 bits per heavy atom. The zero-order valence-corrected chi connectivity index (χ0v) is 10.2. The quantitative estimate of drug-likeness (QED) is 0.858. The van der Waals surface area contributed by atoms with Crippen LogP contribution in [0.2, 0.25) is 0 Å². The third kappa shape index (κ3) is 2.22. The maximum absolute atomic E-state index is 12.1. The van der Waals surface area contributed by atoms with E-state index < -0.39 is 0 Å². The lowest BCUT2D eigenvalue weighted by Gasteiger charge is -2.08. The number of anilines is 2. The molecule has 1 aromatic heterocycles. The fourth-order valence-electron chi connectivity index (χ4n) is 2.04. The van der Waals surface area contributed by atoms with Crippen LogP contribution in [0.15, 0.2) is 36.7 Å². The monoisotopic (exact) mass is 255 g/mol. The molecule has 0 saturated heterocycles. The van der Waals surface area contributed by atoms with Crippen LogP contribution in [0, 0.1) is 0 Å². The number of fused-ring (bicyclic) bond motifs is 1. The number of hydrogen-bond donors (Lipinski definition) is 2. The SMILES string of the molecule is Nc1cnccc1NC(=O)c1ccc2c(c1)CCO2. The standard InChI is InChI=1S/C14H13N3O2/c15-11-8-16-5-3-12(11)17-14(18)10-1-2-13-9(7-10)4-6-19-13/h1-3,5,7-8H,4,6,15H2,(H,16,17,18). The number of hydrogen-bond acceptors (Lipinski definition) is 4. The zero-order chi connectivity index (χ0) is 13.2. The van der Waals surface area contributed by atoms with Crippen LogP contribution in [0.5, 0.6) is 5.75 Å². The Bertz CT molecular complexity index is 640. The molecule has 2 aromatic rings. The van der Waals surface area contributed by atoms with E-state index >= 15 is 0 Å². The molecule has 5 heteroatoms. The van der Waals surface area contributed by atoms with Gasteiger partial charge in [-0.05, 0) is 29.8 Å². The second kappa shape index (κ2) is 4.61. The maximum atomic E-state index is 12.1. The van der Waals surface area contributed by atoms with E-state index in [1.54, 1.807) is 18.3 Å². The molecule has 0 atom stereocenters. The number of nitrogens with two attached hydrogens (primary N) is 1. The summed E-state index contributed by atoms with van der Waals surface area (Å²) in [7, 11) is 0. The average Bonchev–Trinajstić information content (AvgIpc) is 2.88. The van der Waals surface area contributed by atoms with E-state index in [1.807, 2.05) is 12.1 Å². The fourth-order valence-corrected chi connectivity index (χ4v) is 2.04. The Balaban J connectivity index is 1.83. The van der Waals surface area contributed by atoms with E-state index in [0.717, 1.165) is 17.7 Å². The molecular formula is C14H13N3O2. The number of carbonyl (C=O) groups excluding carboxylic acids is 1. The molecule has 0 aliphatic carbocycles. The lowest BCUT2D eigenvalue weighted by atomic mass is 10.1. The van der Waals surface area contributed by atoms with Gasteiger partial charge in [0, 0.05) is 18.2 Å². The molecule has 5 nitrogen and oxygen atoms in total. The maximum Gasteiger partial charge on any atom is 0.255 e. The molecule has 0 spiro atoms. The molecule has 0 unspecified atom stereocenters. The Morgan fingerprint density at radius 2 is 2.26 bits per heavy atom. The van der Waals surface area contributed by atoms with Crippen LogP contribution in [-0.2, 0) is 6.42 Å². The molecule has 19 heavy (non-hydrogen) atoms. The van der Waals surface area contributed by atoms with Crippen molar-refractivity contribution in [1.29, 1.82) is 0 Å². The molecule has 0 fully saturated rings.